The van der Waals surface area contributed by atoms with Gasteiger partial charge >= 0.3 is 0 Å². The fourth-order valence-electron chi connectivity index (χ4n) is 6.73. The second-order valence-corrected chi connectivity index (χ2v) is 10.7. The molecule has 0 bridgehead atoms. The highest BCUT2D eigenvalue weighted by Crippen LogP contribution is 2.56. The predicted octanol–water partition coefficient (Wildman–Crippen LogP) is 5.75. The molecule has 4 unspecified atom stereocenters. The summed E-state index contributed by atoms with van der Waals surface area (Å²) in [5.41, 5.74) is 4.24. The number of hydrogen-bond donors (Lipinski definition) is 2. The summed E-state index contributed by atoms with van der Waals surface area (Å²) in [5, 5.41) is 23.4. The van der Waals surface area contributed by atoms with Crippen LogP contribution < -0.4 is 4.74 Å². The lowest BCUT2D eigenvalue weighted by molar-refractivity contribution is -0.145. The second-order valence-electron chi connectivity index (χ2n) is 10.7. The van der Waals surface area contributed by atoms with Gasteiger partial charge in [0.05, 0.1) is 6.10 Å². The van der Waals surface area contributed by atoms with Gasteiger partial charge < -0.3 is 14.9 Å². The molecule has 2 N–H and O–H groups in total. The van der Waals surface area contributed by atoms with Crippen molar-refractivity contribution in [2.45, 2.75) is 55.8 Å². The molecule has 0 spiro atoms. The van der Waals surface area contributed by atoms with Gasteiger partial charge in [0.25, 0.3) is 0 Å². The Morgan fingerprint density at radius 3 is 2.32 bits per heavy atom. The van der Waals surface area contributed by atoms with E-state index in [1.165, 1.54) is 16.7 Å². The van der Waals surface area contributed by atoms with E-state index >= 15 is 0 Å². The molecule has 0 amide bonds. The van der Waals surface area contributed by atoms with Gasteiger partial charge in [0.15, 0.2) is 0 Å². The number of benzene rings is 3. The number of aromatic nitrogens is 1. The molecule has 0 aliphatic heterocycles. The van der Waals surface area contributed by atoms with Crippen LogP contribution in [0.4, 0.5) is 0 Å². The largest absolute Gasteiger partial charge is 0.489 e. The maximum absolute atomic E-state index is 11.8. The summed E-state index contributed by atoms with van der Waals surface area (Å²) in [6.45, 7) is 0.502. The standard InChI is InChI=1S/C33H33NO3/c35-31-22-32(20-24-7-3-1-4-8-24)28(21-33(31,36)27-9-5-2-6-10-27)12-11-26-19-29(13-14-30(26)32)37-23-25-15-17-34-18-16-25/h1-10,13-19,28,31,35-36H,11-12,20-23H2. The van der Waals surface area contributed by atoms with Crippen LogP contribution in [0.1, 0.15) is 47.1 Å². The lowest BCUT2D eigenvalue weighted by Gasteiger charge is -2.55. The number of nitrogens with zero attached hydrogens (tertiary/aromatic N) is 1. The Kier molecular flexibility index (Phi) is 6.31. The first-order valence-corrected chi connectivity index (χ1v) is 13.2. The van der Waals surface area contributed by atoms with Crippen LogP contribution in [-0.4, -0.2) is 21.3 Å². The zero-order chi connectivity index (χ0) is 25.3. The van der Waals surface area contributed by atoms with Crippen LogP contribution in [0.2, 0.25) is 0 Å². The molecule has 3 aromatic carbocycles. The molecular weight excluding hydrogens is 458 g/mol. The van der Waals surface area contributed by atoms with Crippen LogP contribution in [0.15, 0.2) is 103 Å². The van der Waals surface area contributed by atoms with E-state index in [0.29, 0.717) is 19.4 Å². The molecule has 0 saturated heterocycles. The Morgan fingerprint density at radius 2 is 1.57 bits per heavy atom. The van der Waals surface area contributed by atoms with Gasteiger partial charge in [-0.15, -0.1) is 0 Å². The van der Waals surface area contributed by atoms with Crippen LogP contribution in [0, 0.1) is 5.92 Å². The maximum atomic E-state index is 11.8. The lowest BCUT2D eigenvalue weighted by Crippen LogP contribution is -2.57. The quantitative estimate of drug-likeness (QED) is 0.361. The zero-order valence-electron chi connectivity index (χ0n) is 21.0. The van der Waals surface area contributed by atoms with Gasteiger partial charge in [-0.25, -0.2) is 0 Å². The molecule has 2 aliphatic rings. The number of fused-ring (bicyclic) bond motifs is 3. The average molecular weight is 492 g/mol. The second kappa shape index (κ2) is 9.77. The van der Waals surface area contributed by atoms with Crippen LogP contribution in [-0.2, 0) is 30.5 Å². The highest BCUT2D eigenvalue weighted by atomic mass is 16.5. The number of rotatable bonds is 6. The van der Waals surface area contributed by atoms with Gasteiger partial charge in [-0.1, -0.05) is 66.7 Å². The van der Waals surface area contributed by atoms with Crippen molar-refractivity contribution in [3.63, 3.8) is 0 Å². The molecule has 4 nitrogen and oxygen atoms in total. The molecular formula is C33H33NO3. The summed E-state index contributed by atoms with van der Waals surface area (Å²) < 4.78 is 6.14. The molecule has 1 saturated carbocycles. The summed E-state index contributed by atoms with van der Waals surface area (Å²) in [6, 6.07) is 30.7. The van der Waals surface area contributed by atoms with Crippen molar-refractivity contribution >= 4 is 0 Å². The first-order valence-electron chi connectivity index (χ1n) is 13.2. The smallest absolute Gasteiger partial charge is 0.120 e. The van der Waals surface area contributed by atoms with E-state index < -0.39 is 11.7 Å². The van der Waals surface area contributed by atoms with Gasteiger partial charge in [-0.05, 0) is 90.1 Å². The molecule has 2 aliphatic carbocycles. The Balaban J connectivity index is 1.36. The lowest BCUT2D eigenvalue weighted by atomic mass is 9.51. The molecule has 4 heteroatoms. The molecule has 188 valence electrons. The SMILES string of the molecule is OC1CC2(Cc3ccccc3)c3ccc(OCc4ccncc4)cc3CCC2CC1(O)c1ccccc1. The Labute approximate surface area is 218 Å². The number of pyridine rings is 1. The van der Waals surface area contributed by atoms with E-state index in [2.05, 4.69) is 47.4 Å². The highest BCUT2D eigenvalue weighted by molar-refractivity contribution is 5.46. The number of aliphatic hydroxyl groups excluding tert-OH is 1. The number of ether oxygens (including phenoxy) is 1. The van der Waals surface area contributed by atoms with Crippen LogP contribution >= 0.6 is 0 Å². The third kappa shape index (κ3) is 4.45. The van der Waals surface area contributed by atoms with E-state index in [1.807, 2.05) is 48.5 Å². The molecule has 4 aromatic rings. The first kappa shape index (κ1) is 23.9. The fourth-order valence-corrected chi connectivity index (χ4v) is 6.73. The van der Waals surface area contributed by atoms with Crippen molar-refractivity contribution in [1.82, 2.24) is 4.98 Å². The van der Waals surface area contributed by atoms with Crippen molar-refractivity contribution in [3.05, 3.63) is 131 Å². The van der Waals surface area contributed by atoms with Gasteiger partial charge in [0.1, 0.15) is 18.0 Å². The van der Waals surface area contributed by atoms with Crippen molar-refractivity contribution in [1.29, 1.82) is 0 Å². The molecule has 1 heterocycles. The number of aliphatic hydroxyl groups is 2. The first-order chi connectivity index (χ1) is 18.1. The average Bonchev–Trinajstić information content (AvgIpc) is 2.94. The van der Waals surface area contributed by atoms with Crippen LogP contribution in [0.25, 0.3) is 0 Å². The van der Waals surface area contributed by atoms with E-state index in [9.17, 15) is 10.2 Å². The molecule has 37 heavy (non-hydrogen) atoms. The zero-order valence-corrected chi connectivity index (χ0v) is 21.0. The van der Waals surface area contributed by atoms with E-state index in [0.717, 1.165) is 36.1 Å². The highest BCUT2D eigenvalue weighted by Gasteiger charge is 2.56. The predicted molar refractivity (Wildman–Crippen MR) is 144 cm³/mol. The molecule has 1 fully saturated rings. The van der Waals surface area contributed by atoms with Gasteiger partial charge in [0, 0.05) is 17.8 Å². The minimum absolute atomic E-state index is 0.248. The van der Waals surface area contributed by atoms with Crippen molar-refractivity contribution < 1.29 is 14.9 Å². The van der Waals surface area contributed by atoms with Gasteiger partial charge in [-0.2, -0.15) is 0 Å². The molecule has 1 aromatic heterocycles. The summed E-state index contributed by atoms with van der Waals surface area (Å²) in [7, 11) is 0. The minimum Gasteiger partial charge on any atom is -0.489 e. The topological polar surface area (TPSA) is 62.6 Å². The summed E-state index contributed by atoms with van der Waals surface area (Å²) in [6.07, 6.45) is 6.51. The maximum Gasteiger partial charge on any atom is 0.120 e. The van der Waals surface area contributed by atoms with Crippen molar-refractivity contribution in [2.75, 3.05) is 0 Å². The summed E-state index contributed by atoms with van der Waals surface area (Å²) in [5.74, 6) is 1.11. The Hall–Kier alpha value is -3.47. The normalized spacial score (nSPS) is 26.6. The Bertz CT molecular complexity index is 1340. The van der Waals surface area contributed by atoms with Crippen molar-refractivity contribution in [2.24, 2.45) is 5.92 Å². The number of aryl methyl sites for hydroxylation is 1. The summed E-state index contributed by atoms with van der Waals surface area (Å²) in [4.78, 5) is 4.08. The van der Waals surface area contributed by atoms with E-state index in [-0.39, 0.29) is 11.3 Å². The molecule has 0 radical (unpaired) electrons. The minimum atomic E-state index is -1.24. The monoisotopic (exact) mass is 491 g/mol. The van der Waals surface area contributed by atoms with Crippen molar-refractivity contribution in [3.8, 4) is 5.75 Å². The van der Waals surface area contributed by atoms with E-state index in [4.69, 9.17) is 4.74 Å². The van der Waals surface area contributed by atoms with Crippen LogP contribution in [0.3, 0.4) is 0 Å². The Morgan fingerprint density at radius 1 is 0.838 bits per heavy atom. The third-order valence-electron chi connectivity index (χ3n) is 8.61. The van der Waals surface area contributed by atoms with Gasteiger partial charge in [-0.3, -0.25) is 4.98 Å². The number of hydrogen-bond acceptors (Lipinski definition) is 4. The molecule has 6 rings (SSSR count). The van der Waals surface area contributed by atoms with Crippen LogP contribution in [0.5, 0.6) is 5.75 Å². The fraction of sp³-hybridized carbons (Fsp3) is 0.303. The summed E-state index contributed by atoms with van der Waals surface area (Å²) >= 11 is 0. The molecule has 4 atom stereocenters. The van der Waals surface area contributed by atoms with E-state index in [1.54, 1.807) is 12.4 Å². The third-order valence-corrected chi connectivity index (χ3v) is 8.61. The van der Waals surface area contributed by atoms with Gasteiger partial charge in [0.2, 0.25) is 0 Å².